The number of carbonyl (C=O) groups excluding carboxylic acids is 1. The topological polar surface area (TPSA) is 33.2 Å². The van der Waals surface area contributed by atoms with Crippen LogP contribution >= 0.6 is 0 Å². The molecule has 0 amide bonds. The first-order chi connectivity index (χ1) is 9.40. The average molecular weight is 274 g/mol. The molecule has 0 bridgehead atoms. The summed E-state index contributed by atoms with van der Waals surface area (Å²) in [6, 6.07) is 4.58. The first-order valence-corrected chi connectivity index (χ1v) is 7.59. The predicted octanol–water partition coefficient (Wildman–Crippen LogP) is 3.01. The van der Waals surface area contributed by atoms with Gasteiger partial charge >= 0.3 is 0 Å². The van der Waals surface area contributed by atoms with Crippen molar-refractivity contribution in [1.82, 2.24) is 9.88 Å². The van der Waals surface area contributed by atoms with Gasteiger partial charge in [0.2, 0.25) is 0 Å². The molecular formula is C17H26N2O. The van der Waals surface area contributed by atoms with Crippen LogP contribution in [0.2, 0.25) is 0 Å². The van der Waals surface area contributed by atoms with Crippen LogP contribution in [0, 0.1) is 12.3 Å². The number of aromatic nitrogens is 1. The molecule has 3 heteroatoms. The van der Waals surface area contributed by atoms with Crippen molar-refractivity contribution in [3.8, 4) is 0 Å². The molecule has 0 saturated carbocycles. The minimum atomic E-state index is -0.169. The number of likely N-dealkylation sites (tertiary alicyclic amines) is 1. The van der Waals surface area contributed by atoms with Crippen LogP contribution in [0.1, 0.15) is 44.9 Å². The van der Waals surface area contributed by atoms with Crippen molar-refractivity contribution in [2.45, 2.75) is 53.0 Å². The van der Waals surface area contributed by atoms with Crippen LogP contribution < -0.4 is 0 Å². The Morgan fingerprint density at radius 1 is 1.35 bits per heavy atom. The van der Waals surface area contributed by atoms with Crippen LogP contribution in [0.5, 0.6) is 0 Å². The molecule has 1 aliphatic heterocycles. The van der Waals surface area contributed by atoms with Gasteiger partial charge in [-0.15, -0.1) is 0 Å². The lowest BCUT2D eigenvalue weighted by Gasteiger charge is -2.40. The normalized spacial score (nSPS) is 19.2. The van der Waals surface area contributed by atoms with Gasteiger partial charge in [-0.2, -0.15) is 0 Å². The number of carbonyl (C=O) groups is 1. The highest BCUT2D eigenvalue weighted by Crippen LogP contribution is 2.33. The Hall–Kier alpha value is -1.22. The third kappa shape index (κ3) is 3.45. The molecule has 3 nitrogen and oxygen atoms in total. The number of ketones is 1. The number of Topliss-reactive ketones (excluding diaryl/α,β-unsaturated/α-hetero) is 1. The van der Waals surface area contributed by atoms with Gasteiger partial charge in [0.1, 0.15) is 5.78 Å². The van der Waals surface area contributed by atoms with Crippen molar-refractivity contribution in [2.75, 3.05) is 13.1 Å². The molecule has 0 aliphatic carbocycles. The minimum absolute atomic E-state index is 0.169. The van der Waals surface area contributed by atoms with E-state index in [1.165, 1.54) is 0 Å². The average Bonchev–Trinajstić information content (AvgIpc) is 2.42. The maximum atomic E-state index is 12.6. The van der Waals surface area contributed by atoms with E-state index in [0.717, 1.165) is 37.2 Å². The van der Waals surface area contributed by atoms with E-state index in [9.17, 15) is 4.79 Å². The smallest absolute Gasteiger partial charge is 0.144 e. The van der Waals surface area contributed by atoms with Crippen LogP contribution in [0.4, 0.5) is 0 Å². The molecular weight excluding hydrogens is 248 g/mol. The van der Waals surface area contributed by atoms with Crippen molar-refractivity contribution >= 4 is 5.78 Å². The van der Waals surface area contributed by atoms with Gasteiger partial charge in [0.25, 0.3) is 0 Å². The fraction of sp³-hybridized carbons (Fsp3) is 0.647. The number of rotatable bonds is 4. The molecule has 0 N–H and O–H groups in total. The van der Waals surface area contributed by atoms with Crippen LogP contribution in [0.3, 0.4) is 0 Å². The zero-order chi connectivity index (χ0) is 14.8. The second-order valence-electron chi connectivity index (χ2n) is 6.62. The van der Waals surface area contributed by atoms with Crippen molar-refractivity contribution in [3.05, 3.63) is 29.6 Å². The minimum Gasteiger partial charge on any atom is -0.301 e. The zero-order valence-electron chi connectivity index (χ0n) is 13.1. The van der Waals surface area contributed by atoms with E-state index in [-0.39, 0.29) is 5.41 Å². The maximum absolute atomic E-state index is 12.6. The summed E-state index contributed by atoms with van der Waals surface area (Å²) >= 11 is 0. The molecule has 1 aromatic rings. The van der Waals surface area contributed by atoms with E-state index >= 15 is 0 Å². The number of pyridine rings is 1. The van der Waals surface area contributed by atoms with Gasteiger partial charge in [-0.05, 0) is 58.3 Å². The van der Waals surface area contributed by atoms with Gasteiger partial charge in [-0.1, -0.05) is 13.0 Å². The predicted molar refractivity (Wildman–Crippen MR) is 81.7 cm³/mol. The number of aryl methyl sites for hydroxylation is 1. The van der Waals surface area contributed by atoms with Crippen LogP contribution in [0.15, 0.2) is 18.3 Å². The third-order valence-corrected chi connectivity index (χ3v) is 4.62. The molecule has 1 saturated heterocycles. The second-order valence-corrected chi connectivity index (χ2v) is 6.62. The first kappa shape index (κ1) is 15.2. The molecule has 1 aromatic heterocycles. The van der Waals surface area contributed by atoms with E-state index in [4.69, 9.17) is 0 Å². The van der Waals surface area contributed by atoms with Gasteiger partial charge < -0.3 is 4.90 Å². The molecule has 0 radical (unpaired) electrons. The summed E-state index contributed by atoms with van der Waals surface area (Å²) < 4.78 is 0. The summed E-state index contributed by atoms with van der Waals surface area (Å²) in [4.78, 5) is 19.4. The number of nitrogens with zero attached hydrogens (tertiary/aromatic N) is 2. The molecule has 1 fully saturated rings. The van der Waals surface area contributed by atoms with Crippen molar-refractivity contribution in [2.24, 2.45) is 5.41 Å². The van der Waals surface area contributed by atoms with Crippen LogP contribution in [-0.2, 0) is 11.2 Å². The van der Waals surface area contributed by atoms with E-state index < -0.39 is 0 Å². The van der Waals surface area contributed by atoms with Gasteiger partial charge in [0, 0.05) is 29.8 Å². The number of piperidine rings is 1. The molecule has 110 valence electrons. The summed E-state index contributed by atoms with van der Waals surface area (Å²) in [5.74, 6) is 0.345. The highest BCUT2D eigenvalue weighted by Gasteiger charge is 2.36. The molecule has 2 heterocycles. The monoisotopic (exact) mass is 274 g/mol. The molecule has 0 unspecified atom stereocenters. The Morgan fingerprint density at radius 3 is 2.50 bits per heavy atom. The summed E-state index contributed by atoms with van der Waals surface area (Å²) in [5.41, 5.74) is 1.86. The molecule has 20 heavy (non-hydrogen) atoms. The van der Waals surface area contributed by atoms with Gasteiger partial charge in [-0.25, -0.2) is 0 Å². The quantitative estimate of drug-likeness (QED) is 0.846. The van der Waals surface area contributed by atoms with E-state index in [1.807, 2.05) is 25.3 Å². The lowest BCUT2D eigenvalue weighted by molar-refractivity contribution is -0.130. The van der Waals surface area contributed by atoms with Gasteiger partial charge in [-0.3, -0.25) is 9.78 Å². The second kappa shape index (κ2) is 6.04. The van der Waals surface area contributed by atoms with Crippen molar-refractivity contribution in [1.29, 1.82) is 0 Å². The highest BCUT2D eigenvalue weighted by molar-refractivity contribution is 5.86. The Kier molecular flexibility index (Phi) is 4.59. The molecule has 2 rings (SSSR count). The summed E-state index contributed by atoms with van der Waals surface area (Å²) in [7, 11) is 0. The maximum Gasteiger partial charge on any atom is 0.144 e. The largest absolute Gasteiger partial charge is 0.301 e. The lowest BCUT2D eigenvalue weighted by atomic mass is 9.75. The van der Waals surface area contributed by atoms with Crippen LogP contribution in [0.25, 0.3) is 0 Å². The van der Waals surface area contributed by atoms with E-state index in [2.05, 4.69) is 30.7 Å². The number of hydrogen-bond donors (Lipinski definition) is 0. The summed E-state index contributed by atoms with van der Waals surface area (Å²) in [5, 5.41) is 0. The fourth-order valence-electron chi connectivity index (χ4n) is 2.79. The summed E-state index contributed by atoms with van der Waals surface area (Å²) in [6.45, 7) is 10.6. The Labute approximate surface area is 122 Å². The lowest BCUT2D eigenvalue weighted by Crippen LogP contribution is -2.45. The van der Waals surface area contributed by atoms with E-state index in [1.54, 1.807) is 0 Å². The molecule has 0 atom stereocenters. The van der Waals surface area contributed by atoms with Crippen LogP contribution in [-0.4, -0.2) is 34.8 Å². The van der Waals surface area contributed by atoms with Gasteiger partial charge in [0.15, 0.2) is 0 Å². The highest BCUT2D eigenvalue weighted by atomic mass is 16.1. The number of hydrogen-bond acceptors (Lipinski definition) is 3. The Morgan fingerprint density at radius 2 is 2.00 bits per heavy atom. The molecule has 0 aromatic carbocycles. The van der Waals surface area contributed by atoms with Crippen molar-refractivity contribution in [3.63, 3.8) is 0 Å². The first-order valence-electron chi connectivity index (χ1n) is 7.59. The third-order valence-electron chi connectivity index (χ3n) is 4.62. The zero-order valence-corrected chi connectivity index (χ0v) is 13.1. The summed E-state index contributed by atoms with van der Waals surface area (Å²) in [6.07, 6.45) is 4.25. The van der Waals surface area contributed by atoms with E-state index in [0.29, 0.717) is 18.2 Å². The molecule has 0 spiro atoms. The SMILES string of the molecule is Cc1ccc(CC(=O)C2(C)CCN(C(C)C)CC2)nc1. The fourth-order valence-corrected chi connectivity index (χ4v) is 2.79. The Balaban J connectivity index is 1.97. The standard InChI is InChI=1S/C17H26N2O/c1-13(2)19-9-7-17(4,8-10-19)16(20)11-15-6-5-14(3)12-18-15/h5-6,12-13H,7-11H2,1-4H3. The van der Waals surface area contributed by atoms with Gasteiger partial charge in [0.05, 0.1) is 0 Å². The van der Waals surface area contributed by atoms with Crippen molar-refractivity contribution < 1.29 is 4.79 Å². The Bertz CT molecular complexity index is 456. The molecule has 1 aliphatic rings.